The largest absolute Gasteiger partial charge is 0.253 e. The van der Waals surface area contributed by atoms with E-state index in [1.165, 1.54) is 12.1 Å². The van der Waals surface area contributed by atoms with Crippen molar-refractivity contribution in [2.45, 2.75) is 0 Å². The van der Waals surface area contributed by atoms with Crippen LogP contribution in [0.2, 0.25) is 0 Å². The highest BCUT2D eigenvalue weighted by atomic mass is 19.1. The normalized spacial score (nSPS) is 10.9. The summed E-state index contributed by atoms with van der Waals surface area (Å²) in [5.74, 6) is -1.67. The average molecular weight is 353 g/mol. The zero-order valence-corrected chi connectivity index (χ0v) is 13.1. The van der Waals surface area contributed by atoms with Crippen molar-refractivity contribution in [2.75, 3.05) is 0 Å². The molecule has 4 rings (SSSR count). The molecule has 0 aliphatic rings. The van der Waals surface area contributed by atoms with E-state index in [1.807, 2.05) is 0 Å². The van der Waals surface area contributed by atoms with Gasteiger partial charge in [0.2, 0.25) is 5.82 Å². The summed E-state index contributed by atoms with van der Waals surface area (Å²) in [6.07, 6.45) is 1.59. The average Bonchev–Trinajstić information content (AvgIpc) is 3.14. The third-order valence-corrected chi connectivity index (χ3v) is 3.66. The van der Waals surface area contributed by atoms with E-state index in [0.29, 0.717) is 5.69 Å². The molecule has 4 aromatic rings. The minimum atomic E-state index is -0.663. The van der Waals surface area contributed by atoms with Gasteiger partial charge in [-0.25, -0.2) is 13.2 Å². The van der Waals surface area contributed by atoms with Crippen LogP contribution in [0.1, 0.15) is 0 Å². The van der Waals surface area contributed by atoms with Crippen molar-refractivity contribution in [1.29, 1.82) is 0 Å². The first-order chi connectivity index (χ1) is 12.6. The summed E-state index contributed by atoms with van der Waals surface area (Å²) in [4.78, 5) is 5.22. The lowest BCUT2D eigenvalue weighted by molar-refractivity contribution is 0.602. The molecule has 5 nitrogen and oxygen atoms in total. The fraction of sp³-hybridized carbons (Fsp3) is 0. The molecule has 0 radical (unpaired) electrons. The Morgan fingerprint density at radius 1 is 0.846 bits per heavy atom. The monoisotopic (exact) mass is 353 g/mol. The minimum absolute atomic E-state index is 0.0594. The van der Waals surface area contributed by atoms with Crippen LogP contribution in [-0.2, 0) is 0 Å². The second-order valence-corrected chi connectivity index (χ2v) is 5.44. The van der Waals surface area contributed by atoms with Gasteiger partial charge < -0.3 is 0 Å². The van der Waals surface area contributed by atoms with Crippen LogP contribution in [0.4, 0.5) is 13.2 Å². The zero-order chi connectivity index (χ0) is 18.1. The van der Waals surface area contributed by atoms with Crippen molar-refractivity contribution in [3.05, 3.63) is 78.2 Å². The quantitative estimate of drug-likeness (QED) is 0.562. The highest BCUT2D eigenvalue weighted by Crippen LogP contribution is 2.27. The number of nitrogens with zero attached hydrogens (tertiary/aromatic N) is 5. The van der Waals surface area contributed by atoms with Crippen LogP contribution in [0.25, 0.3) is 28.3 Å². The van der Waals surface area contributed by atoms with E-state index in [9.17, 15) is 13.2 Å². The van der Waals surface area contributed by atoms with Crippen LogP contribution in [0.5, 0.6) is 0 Å². The molecule has 0 N–H and O–H groups in total. The second kappa shape index (κ2) is 6.40. The van der Waals surface area contributed by atoms with Gasteiger partial charge in [-0.3, -0.25) is 4.98 Å². The number of benzene rings is 2. The molecular weight excluding hydrogens is 343 g/mol. The molecule has 8 heteroatoms. The molecule has 0 saturated carbocycles. The van der Waals surface area contributed by atoms with Crippen molar-refractivity contribution in [1.82, 2.24) is 25.2 Å². The standard InChI is InChI=1S/C18H10F3N5/c19-12-4-5-16(21)15(10-12)11-7-13(20)9-14(8-11)26-24-18(23-25-26)17-3-1-2-6-22-17/h1-10H. The van der Waals surface area contributed by atoms with E-state index >= 15 is 0 Å². The van der Waals surface area contributed by atoms with Crippen molar-refractivity contribution < 1.29 is 13.2 Å². The number of hydrogen-bond acceptors (Lipinski definition) is 4. The maximum absolute atomic E-state index is 14.0. The molecule has 0 unspecified atom stereocenters. The first-order valence-corrected chi connectivity index (χ1v) is 7.58. The molecule has 2 heterocycles. The Labute approximate surface area is 145 Å². The third-order valence-electron chi connectivity index (χ3n) is 3.66. The topological polar surface area (TPSA) is 56.5 Å². The molecule has 2 aromatic heterocycles. The van der Waals surface area contributed by atoms with Gasteiger partial charge in [-0.15, -0.1) is 15.0 Å². The van der Waals surface area contributed by atoms with E-state index < -0.39 is 17.5 Å². The van der Waals surface area contributed by atoms with Gasteiger partial charge in [0.1, 0.15) is 23.1 Å². The predicted molar refractivity (Wildman–Crippen MR) is 87.7 cm³/mol. The molecule has 128 valence electrons. The number of hydrogen-bond donors (Lipinski definition) is 0. The van der Waals surface area contributed by atoms with Crippen LogP contribution < -0.4 is 0 Å². The predicted octanol–water partition coefficient (Wildman–Crippen LogP) is 3.81. The third kappa shape index (κ3) is 3.04. The molecule has 2 aromatic carbocycles. The fourth-order valence-electron chi connectivity index (χ4n) is 2.49. The molecule has 0 amide bonds. The Kier molecular flexibility index (Phi) is 3.92. The van der Waals surface area contributed by atoms with E-state index in [0.717, 1.165) is 29.1 Å². The Bertz CT molecular complexity index is 1080. The Morgan fingerprint density at radius 2 is 1.73 bits per heavy atom. The molecule has 0 atom stereocenters. The number of tetrazole rings is 1. The lowest BCUT2D eigenvalue weighted by Gasteiger charge is -2.07. The highest BCUT2D eigenvalue weighted by Gasteiger charge is 2.13. The van der Waals surface area contributed by atoms with Crippen molar-refractivity contribution in [3.63, 3.8) is 0 Å². The van der Waals surface area contributed by atoms with Crippen LogP contribution >= 0.6 is 0 Å². The summed E-state index contributed by atoms with van der Waals surface area (Å²) in [6, 6.07) is 11.9. The summed E-state index contributed by atoms with van der Waals surface area (Å²) in [5.41, 5.74) is 0.828. The lowest BCUT2D eigenvalue weighted by atomic mass is 10.0. The molecule has 0 bridgehead atoms. The summed E-state index contributed by atoms with van der Waals surface area (Å²) in [5, 5.41) is 11.9. The minimum Gasteiger partial charge on any atom is -0.253 e. The number of rotatable bonds is 3. The van der Waals surface area contributed by atoms with Crippen LogP contribution in [0.15, 0.2) is 60.8 Å². The molecule has 26 heavy (non-hydrogen) atoms. The number of aromatic nitrogens is 5. The maximum atomic E-state index is 14.0. The second-order valence-electron chi connectivity index (χ2n) is 5.44. The molecular formula is C18H10F3N5. The van der Waals surface area contributed by atoms with Gasteiger partial charge in [0.05, 0.1) is 5.69 Å². The summed E-state index contributed by atoms with van der Waals surface area (Å²) < 4.78 is 41.5. The zero-order valence-electron chi connectivity index (χ0n) is 13.1. The van der Waals surface area contributed by atoms with Gasteiger partial charge >= 0.3 is 0 Å². The van der Waals surface area contributed by atoms with Gasteiger partial charge in [-0.2, -0.15) is 0 Å². The molecule has 0 fully saturated rings. The van der Waals surface area contributed by atoms with Gasteiger partial charge in [0.25, 0.3) is 0 Å². The maximum Gasteiger partial charge on any atom is 0.223 e. The lowest BCUT2D eigenvalue weighted by Crippen LogP contribution is -2.01. The van der Waals surface area contributed by atoms with Crippen molar-refractivity contribution in [3.8, 4) is 28.3 Å². The number of halogens is 3. The van der Waals surface area contributed by atoms with E-state index in [4.69, 9.17) is 0 Å². The molecule has 0 saturated heterocycles. The first-order valence-electron chi connectivity index (χ1n) is 7.58. The fourth-order valence-corrected chi connectivity index (χ4v) is 2.49. The van der Waals surface area contributed by atoms with Gasteiger partial charge in [-0.1, -0.05) is 6.07 Å². The van der Waals surface area contributed by atoms with Crippen molar-refractivity contribution >= 4 is 0 Å². The van der Waals surface area contributed by atoms with Gasteiger partial charge in [0.15, 0.2) is 0 Å². The summed E-state index contributed by atoms with van der Waals surface area (Å²) in [7, 11) is 0. The molecule has 0 aliphatic carbocycles. The number of pyridine rings is 1. The molecule has 0 aliphatic heterocycles. The van der Waals surface area contributed by atoms with Gasteiger partial charge in [-0.05, 0) is 53.2 Å². The SMILES string of the molecule is Fc1cc(-c2cc(F)ccc2F)cc(-n2nnc(-c3ccccn3)n2)c1. The van der Waals surface area contributed by atoms with E-state index in [1.54, 1.807) is 24.4 Å². The Morgan fingerprint density at radius 3 is 2.54 bits per heavy atom. The van der Waals surface area contributed by atoms with E-state index in [2.05, 4.69) is 20.4 Å². The Balaban J connectivity index is 1.78. The Hall–Kier alpha value is -3.55. The van der Waals surface area contributed by atoms with Crippen molar-refractivity contribution in [2.24, 2.45) is 0 Å². The van der Waals surface area contributed by atoms with E-state index in [-0.39, 0.29) is 22.6 Å². The summed E-state index contributed by atoms with van der Waals surface area (Å²) >= 11 is 0. The van der Waals surface area contributed by atoms with Crippen LogP contribution in [-0.4, -0.2) is 25.2 Å². The molecule has 0 spiro atoms. The smallest absolute Gasteiger partial charge is 0.223 e. The van der Waals surface area contributed by atoms with Crippen LogP contribution in [0.3, 0.4) is 0 Å². The first kappa shape index (κ1) is 15.9. The van der Waals surface area contributed by atoms with Gasteiger partial charge in [0, 0.05) is 17.8 Å². The highest BCUT2D eigenvalue weighted by molar-refractivity contribution is 5.66. The van der Waals surface area contributed by atoms with Crippen LogP contribution in [0, 0.1) is 17.5 Å². The summed E-state index contributed by atoms with van der Waals surface area (Å²) in [6.45, 7) is 0.